The van der Waals surface area contributed by atoms with Crippen LogP contribution in [0, 0.1) is 0 Å². The molecule has 3 rings (SSSR count). The molecule has 5 N–H and O–H groups in total. The van der Waals surface area contributed by atoms with E-state index in [0.29, 0.717) is 43.9 Å². The van der Waals surface area contributed by atoms with E-state index in [1.54, 1.807) is 17.0 Å². The highest BCUT2D eigenvalue weighted by atomic mass is 16.4. The standard InChI is InChI=1S/C26H34N4O4/c27-13-6-1-2-7-14-28-25(33)20-10-11-21-18-30(15-12-19-8-4-3-5-9-19)26(34)23(17-24(31)32)29-22(21)16-20/h3-5,8-11,16,23,29H,1-2,6-7,12-15,17-18,27H2,(H,28,33)(H,31,32)/t23-/m1/s1. The zero-order valence-electron chi connectivity index (χ0n) is 19.5. The van der Waals surface area contributed by atoms with Crippen LogP contribution in [0.5, 0.6) is 0 Å². The van der Waals surface area contributed by atoms with Gasteiger partial charge in [0.25, 0.3) is 5.91 Å². The van der Waals surface area contributed by atoms with Gasteiger partial charge in [0, 0.05) is 30.9 Å². The second-order valence-electron chi connectivity index (χ2n) is 8.62. The van der Waals surface area contributed by atoms with E-state index in [4.69, 9.17) is 5.73 Å². The van der Waals surface area contributed by atoms with Gasteiger partial charge in [-0.1, -0.05) is 49.2 Å². The topological polar surface area (TPSA) is 125 Å². The van der Waals surface area contributed by atoms with Gasteiger partial charge in [0.05, 0.1) is 6.42 Å². The Bertz CT molecular complexity index is 980. The lowest BCUT2D eigenvalue weighted by Gasteiger charge is -2.24. The summed E-state index contributed by atoms with van der Waals surface area (Å²) in [6, 6.07) is 14.3. The number of nitrogens with zero attached hydrogens (tertiary/aromatic N) is 1. The van der Waals surface area contributed by atoms with Gasteiger partial charge in [-0.2, -0.15) is 0 Å². The summed E-state index contributed by atoms with van der Waals surface area (Å²) in [5.74, 6) is -1.49. The molecule has 0 aliphatic carbocycles. The van der Waals surface area contributed by atoms with Gasteiger partial charge in [0.2, 0.25) is 5.91 Å². The second-order valence-corrected chi connectivity index (χ2v) is 8.62. The first-order valence-electron chi connectivity index (χ1n) is 11.9. The van der Waals surface area contributed by atoms with E-state index in [9.17, 15) is 19.5 Å². The normalized spacial score (nSPS) is 15.3. The van der Waals surface area contributed by atoms with Crippen LogP contribution in [0.4, 0.5) is 5.69 Å². The van der Waals surface area contributed by atoms with Crippen LogP contribution in [0.2, 0.25) is 0 Å². The summed E-state index contributed by atoms with van der Waals surface area (Å²) in [7, 11) is 0. The van der Waals surface area contributed by atoms with Gasteiger partial charge in [-0.25, -0.2) is 0 Å². The summed E-state index contributed by atoms with van der Waals surface area (Å²) in [5.41, 5.74) is 8.56. The Balaban J connectivity index is 1.70. The third-order valence-corrected chi connectivity index (χ3v) is 5.98. The van der Waals surface area contributed by atoms with Gasteiger partial charge in [0.1, 0.15) is 6.04 Å². The molecule has 2 aromatic carbocycles. The molecular weight excluding hydrogens is 432 g/mol. The number of carbonyl (C=O) groups is 3. The number of nitrogens with one attached hydrogen (secondary N) is 2. The van der Waals surface area contributed by atoms with Crippen molar-refractivity contribution < 1.29 is 19.5 Å². The van der Waals surface area contributed by atoms with Gasteiger partial charge in [0.15, 0.2) is 0 Å². The average Bonchev–Trinajstić information content (AvgIpc) is 2.96. The molecule has 0 bridgehead atoms. The van der Waals surface area contributed by atoms with E-state index in [-0.39, 0.29) is 18.2 Å². The van der Waals surface area contributed by atoms with Crippen molar-refractivity contribution in [2.45, 2.75) is 51.1 Å². The van der Waals surface area contributed by atoms with Crippen molar-refractivity contribution in [1.29, 1.82) is 0 Å². The van der Waals surface area contributed by atoms with E-state index >= 15 is 0 Å². The van der Waals surface area contributed by atoms with Gasteiger partial charge in [-0.15, -0.1) is 0 Å². The van der Waals surface area contributed by atoms with Crippen LogP contribution in [0.25, 0.3) is 0 Å². The predicted octanol–water partition coefficient (Wildman–Crippen LogP) is 2.78. The van der Waals surface area contributed by atoms with E-state index in [1.807, 2.05) is 36.4 Å². The fraction of sp³-hybridized carbons (Fsp3) is 0.423. The van der Waals surface area contributed by atoms with Crippen LogP contribution in [0.3, 0.4) is 0 Å². The maximum Gasteiger partial charge on any atom is 0.305 e. The highest BCUT2D eigenvalue weighted by Crippen LogP contribution is 2.26. The molecule has 0 aromatic heterocycles. The van der Waals surface area contributed by atoms with Crippen LogP contribution >= 0.6 is 0 Å². The molecule has 0 fully saturated rings. The number of anilines is 1. The summed E-state index contributed by atoms with van der Waals surface area (Å²) in [6.45, 7) is 2.10. The Morgan fingerprint density at radius 1 is 1.09 bits per heavy atom. The monoisotopic (exact) mass is 466 g/mol. The Morgan fingerprint density at radius 2 is 1.85 bits per heavy atom. The lowest BCUT2D eigenvalue weighted by atomic mass is 10.1. The number of hydrogen-bond donors (Lipinski definition) is 4. The first kappa shape index (κ1) is 25.2. The van der Waals surface area contributed by atoms with E-state index < -0.39 is 12.0 Å². The molecule has 1 aliphatic rings. The molecule has 2 aromatic rings. The van der Waals surface area contributed by atoms with Gasteiger partial charge in [-0.3, -0.25) is 14.4 Å². The van der Waals surface area contributed by atoms with Crippen molar-refractivity contribution in [1.82, 2.24) is 10.2 Å². The fourth-order valence-corrected chi connectivity index (χ4v) is 4.08. The zero-order chi connectivity index (χ0) is 24.3. The van der Waals surface area contributed by atoms with Gasteiger partial charge in [-0.05, 0) is 49.1 Å². The lowest BCUT2D eigenvalue weighted by molar-refractivity contribution is -0.141. The SMILES string of the molecule is NCCCCCCNC(=O)c1ccc2c(c1)N[C@H](CC(=O)O)C(=O)N(CCc1ccccc1)C2. The molecule has 182 valence electrons. The number of carboxylic acid groups (broad SMARTS) is 1. The minimum Gasteiger partial charge on any atom is -0.481 e. The summed E-state index contributed by atoms with van der Waals surface area (Å²) in [6.07, 6.45) is 4.28. The number of aliphatic carboxylic acids is 1. The first-order valence-corrected chi connectivity index (χ1v) is 11.9. The Kier molecular flexibility index (Phi) is 9.46. The number of unbranched alkanes of at least 4 members (excludes halogenated alkanes) is 3. The number of nitrogens with two attached hydrogens (primary N) is 1. The summed E-state index contributed by atoms with van der Waals surface area (Å²) in [5, 5.41) is 15.4. The summed E-state index contributed by atoms with van der Waals surface area (Å²) in [4.78, 5) is 38.9. The van der Waals surface area contributed by atoms with Crippen molar-refractivity contribution in [2.75, 3.05) is 25.0 Å². The maximum atomic E-state index is 13.2. The Morgan fingerprint density at radius 3 is 2.59 bits per heavy atom. The number of carbonyl (C=O) groups excluding carboxylic acids is 2. The molecule has 0 radical (unpaired) electrons. The number of carboxylic acids is 1. The molecule has 1 aliphatic heterocycles. The van der Waals surface area contributed by atoms with Crippen LogP contribution in [-0.4, -0.2) is 53.5 Å². The molecule has 1 atom stereocenters. The molecule has 0 saturated heterocycles. The molecule has 0 spiro atoms. The smallest absolute Gasteiger partial charge is 0.305 e. The van der Waals surface area contributed by atoms with Crippen molar-refractivity contribution in [3.8, 4) is 0 Å². The third kappa shape index (κ3) is 7.31. The predicted molar refractivity (Wildman–Crippen MR) is 132 cm³/mol. The zero-order valence-corrected chi connectivity index (χ0v) is 19.5. The Labute approximate surface area is 200 Å². The van der Waals surface area contributed by atoms with Crippen molar-refractivity contribution in [3.63, 3.8) is 0 Å². The quantitative estimate of drug-likeness (QED) is 0.357. The Hall–Kier alpha value is -3.39. The highest BCUT2D eigenvalue weighted by Gasteiger charge is 2.31. The first-order chi connectivity index (χ1) is 16.5. The highest BCUT2D eigenvalue weighted by molar-refractivity contribution is 5.96. The molecule has 1 heterocycles. The van der Waals surface area contributed by atoms with Crippen LogP contribution in [0.15, 0.2) is 48.5 Å². The second kappa shape index (κ2) is 12.7. The largest absolute Gasteiger partial charge is 0.481 e. The van der Waals surface area contributed by atoms with Gasteiger partial charge < -0.3 is 26.4 Å². The molecule has 34 heavy (non-hydrogen) atoms. The van der Waals surface area contributed by atoms with Crippen molar-refractivity contribution >= 4 is 23.5 Å². The summed E-state index contributed by atoms with van der Waals surface area (Å²) < 4.78 is 0. The maximum absolute atomic E-state index is 13.2. The summed E-state index contributed by atoms with van der Waals surface area (Å²) >= 11 is 0. The van der Waals surface area contributed by atoms with Crippen LogP contribution in [-0.2, 0) is 22.6 Å². The number of amides is 2. The average molecular weight is 467 g/mol. The third-order valence-electron chi connectivity index (χ3n) is 5.98. The molecule has 8 nitrogen and oxygen atoms in total. The van der Waals surface area contributed by atoms with E-state index in [1.165, 1.54) is 0 Å². The number of rotatable bonds is 12. The molecular formula is C26H34N4O4. The number of hydrogen-bond acceptors (Lipinski definition) is 5. The van der Waals surface area contributed by atoms with E-state index in [2.05, 4.69) is 10.6 Å². The van der Waals surface area contributed by atoms with Crippen molar-refractivity contribution in [2.24, 2.45) is 5.73 Å². The minimum absolute atomic E-state index is 0.185. The van der Waals surface area contributed by atoms with Crippen LogP contribution < -0.4 is 16.4 Å². The number of fused-ring (bicyclic) bond motifs is 1. The minimum atomic E-state index is -1.05. The molecule has 0 saturated carbocycles. The lowest BCUT2D eigenvalue weighted by Crippen LogP contribution is -2.42. The molecule has 2 amide bonds. The van der Waals surface area contributed by atoms with Gasteiger partial charge >= 0.3 is 5.97 Å². The molecule has 8 heteroatoms. The van der Waals surface area contributed by atoms with Crippen LogP contribution in [0.1, 0.15) is 53.6 Å². The number of benzene rings is 2. The van der Waals surface area contributed by atoms with E-state index in [0.717, 1.165) is 36.8 Å². The fourth-order valence-electron chi connectivity index (χ4n) is 4.08. The van der Waals surface area contributed by atoms with Crippen molar-refractivity contribution in [3.05, 3.63) is 65.2 Å². The molecule has 0 unspecified atom stereocenters.